The van der Waals surface area contributed by atoms with Crippen LogP contribution in [0.1, 0.15) is 68.2 Å². The number of piperidine rings is 1. The summed E-state index contributed by atoms with van der Waals surface area (Å²) in [5, 5.41) is 5.67. The molecule has 2 heterocycles. The highest BCUT2D eigenvalue weighted by Crippen LogP contribution is 2.78. The molecule has 0 radical (unpaired) electrons. The van der Waals surface area contributed by atoms with Gasteiger partial charge in [0.15, 0.2) is 0 Å². The maximum absolute atomic E-state index is 14.0. The lowest BCUT2D eigenvalue weighted by atomic mass is 9.71. The Bertz CT molecular complexity index is 978. The van der Waals surface area contributed by atoms with Crippen molar-refractivity contribution in [2.24, 2.45) is 50.9 Å². The zero-order chi connectivity index (χ0) is 27.6. The van der Waals surface area contributed by atoms with Crippen molar-refractivity contribution >= 4 is 29.5 Å². The fourth-order valence-electron chi connectivity index (χ4n) is 6.78. The van der Waals surface area contributed by atoms with E-state index in [-0.39, 0.29) is 36.6 Å². The second-order valence-electron chi connectivity index (χ2n) is 13.5. The van der Waals surface area contributed by atoms with Crippen molar-refractivity contribution in [3.05, 3.63) is 0 Å². The predicted molar refractivity (Wildman–Crippen MR) is 134 cm³/mol. The second-order valence-corrected chi connectivity index (χ2v) is 13.5. The van der Waals surface area contributed by atoms with Crippen LogP contribution in [0.25, 0.3) is 0 Å². The number of carbonyl (C=O) groups is 5. The fourth-order valence-corrected chi connectivity index (χ4v) is 6.78. The van der Waals surface area contributed by atoms with Crippen LogP contribution in [0.3, 0.4) is 0 Å². The van der Waals surface area contributed by atoms with Crippen LogP contribution in [0, 0.1) is 39.4 Å². The smallest absolute Gasteiger partial charge is 0.246 e. The summed E-state index contributed by atoms with van der Waals surface area (Å²) < 4.78 is 0. The summed E-state index contributed by atoms with van der Waals surface area (Å²) >= 11 is 0. The van der Waals surface area contributed by atoms with Crippen molar-refractivity contribution in [3.63, 3.8) is 0 Å². The molecular weight excluding hydrogens is 462 g/mol. The molecular formula is C26H43N5O5. The first-order chi connectivity index (χ1) is 16.3. The Kier molecular flexibility index (Phi) is 6.77. The van der Waals surface area contributed by atoms with E-state index in [0.29, 0.717) is 13.0 Å². The summed E-state index contributed by atoms with van der Waals surface area (Å²) in [7, 11) is 0. The third-order valence-corrected chi connectivity index (χ3v) is 8.85. The molecule has 3 aliphatic rings. The van der Waals surface area contributed by atoms with Crippen LogP contribution in [0.15, 0.2) is 0 Å². The van der Waals surface area contributed by atoms with Gasteiger partial charge >= 0.3 is 0 Å². The Balaban J connectivity index is 2.02. The number of hydrogen-bond acceptors (Lipinski definition) is 5. The first-order valence-corrected chi connectivity index (χ1v) is 12.8. The van der Waals surface area contributed by atoms with Crippen molar-refractivity contribution in [1.29, 1.82) is 0 Å². The molecule has 2 saturated heterocycles. The third-order valence-electron chi connectivity index (χ3n) is 8.85. The van der Waals surface area contributed by atoms with E-state index in [9.17, 15) is 24.0 Å². The standard InChI is InChI=1S/C26H43N5O5/c1-23(2,3)16(30-22(36)24(4,5)6)21(35)31-12-15-25(7,8)26(15,17(31)19(28)33)14(18(27)32)11-13-9-10-29-20(13)34/h13-17H,9-12H2,1-8H3,(H2,27,32)(H2,28,33)(H,29,34)(H,30,36)/t13-,14-,15?,16-,17?,26?/m1/s1. The lowest BCUT2D eigenvalue weighted by Crippen LogP contribution is -2.62. The summed E-state index contributed by atoms with van der Waals surface area (Å²) in [6, 6.07) is -1.99. The average molecular weight is 506 g/mol. The van der Waals surface area contributed by atoms with Crippen LogP contribution >= 0.6 is 0 Å². The Morgan fingerprint density at radius 3 is 2.11 bits per heavy atom. The van der Waals surface area contributed by atoms with Gasteiger partial charge in [0.2, 0.25) is 29.5 Å². The van der Waals surface area contributed by atoms with Gasteiger partial charge in [-0.2, -0.15) is 0 Å². The predicted octanol–water partition coefficient (Wildman–Crippen LogP) is 0.530. The van der Waals surface area contributed by atoms with Crippen LogP contribution in [0.4, 0.5) is 0 Å². The van der Waals surface area contributed by atoms with Gasteiger partial charge in [-0.3, -0.25) is 24.0 Å². The topological polar surface area (TPSA) is 165 Å². The van der Waals surface area contributed by atoms with E-state index < -0.39 is 57.4 Å². The van der Waals surface area contributed by atoms with Crippen LogP contribution in [0.5, 0.6) is 0 Å². The molecule has 5 amide bonds. The van der Waals surface area contributed by atoms with Crippen molar-refractivity contribution in [2.45, 2.75) is 80.3 Å². The maximum atomic E-state index is 14.0. The van der Waals surface area contributed by atoms with Gasteiger partial charge < -0.3 is 27.0 Å². The Labute approximate surface area is 213 Å². The third kappa shape index (κ3) is 4.26. The Hall–Kier alpha value is -2.65. The van der Waals surface area contributed by atoms with E-state index in [2.05, 4.69) is 10.6 Å². The Morgan fingerprint density at radius 1 is 1.11 bits per heavy atom. The number of primary amides is 2. The maximum Gasteiger partial charge on any atom is 0.246 e. The zero-order valence-corrected chi connectivity index (χ0v) is 22.9. The first-order valence-electron chi connectivity index (χ1n) is 12.8. The summed E-state index contributed by atoms with van der Waals surface area (Å²) in [5.41, 5.74) is 9.03. The highest BCUT2D eigenvalue weighted by atomic mass is 16.2. The van der Waals surface area contributed by atoms with Crippen LogP contribution in [-0.2, 0) is 24.0 Å². The molecule has 3 unspecified atom stereocenters. The molecule has 0 spiro atoms. The molecule has 0 aromatic rings. The van der Waals surface area contributed by atoms with Gasteiger partial charge in [-0.15, -0.1) is 0 Å². The first kappa shape index (κ1) is 27.9. The van der Waals surface area contributed by atoms with Crippen molar-refractivity contribution in [1.82, 2.24) is 15.5 Å². The van der Waals surface area contributed by atoms with E-state index in [1.165, 1.54) is 4.90 Å². The summed E-state index contributed by atoms with van der Waals surface area (Å²) in [5.74, 6) is -3.53. The van der Waals surface area contributed by atoms with E-state index in [1.807, 2.05) is 34.6 Å². The van der Waals surface area contributed by atoms with E-state index in [0.717, 1.165) is 0 Å². The molecule has 10 heteroatoms. The number of carbonyl (C=O) groups excluding carboxylic acids is 5. The second kappa shape index (κ2) is 8.73. The number of nitrogens with two attached hydrogens (primary N) is 2. The molecule has 0 bridgehead atoms. The number of nitrogens with one attached hydrogen (secondary N) is 2. The summed E-state index contributed by atoms with van der Waals surface area (Å²) in [6.07, 6.45) is 0.787. The highest BCUT2D eigenvalue weighted by molar-refractivity contribution is 5.96. The summed E-state index contributed by atoms with van der Waals surface area (Å²) in [4.78, 5) is 66.5. The van der Waals surface area contributed by atoms with E-state index in [4.69, 9.17) is 11.5 Å². The number of amides is 5. The number of hydrogen-bond donors (Lipinski definition) is 4. The summed E-state index contributed by atoms with van der Waals surface area (Å²) in [6.45, 7) is 15.5. The monoisotopic (exact) mass is 505 g/mol. The molecule has 2 aliphatic heterocycles. The minimum absolute atomic E-state index is 0.133. The number of nitrogens with zero attached hydrogens (tertiary/aromatic N) is 1. The van der Waals surface area contributed by atoms with Gasteiger partial charge in [0.25, 0.3) is 0 Å². The zero-order valence-electron chi connectivity index (χ0n) is 22.9. The molecule has 3 rings (SSSR count). The minimum Gasteiger partial charge on any atom is -0.369 e. The molecule has 1 saturated carbocycles. The van der Waals surface area contributed by atoms with Crippen LogP contribution in [0.2, 0.25) is 0 Å². The van der Waals surface area contributed by atoms with Gasteiger partial charge in [-0.1, -0.05) is 55.4 Å². The molecule has 202 valence electrons. The van der Waals surface area contributed by atoms with Crippen LogP contribution < -0.4 is 22.1 Å². The van der Waals surface area contributed by atoms with Gasteiger partial charge in [0.05, 0.1) is 0 Å². The quantitative estimate of drug-likeness (QED) is 0.396. The van der Waals surface area contributed by atoms with Crippen molar-refractivity contribution in [2.75, 3.05) is 13.1 Å². The van der Waals surface area contributed by atoms with Gasteiger partial charge in [-0.05, 0) is 29.6 Å². The number of rotatable bonds is 7. The molecule has 0 aromatic carbocycles. The van der Waals surface area contributed by atoms with E-state index in [1.54, 1.807) is 20.8 Å². The molecule has 36 heavy (non-hydrogen) atoms. The molecule has 3 fully saturated rings. The molecule has 10 nitrogen and oxygen atoms in total. The lowest BCUT2D eigenvalue weighted by molar-refractivity contribution is -0.148. The van der Waals surface area contributed by atoms with E-state index >= 15 is 0 Å². The SMILES string of the molecule is CC(C)(C)C(=O)N[C@H](C(=O)N1CC2C(C)(C)C2([C@H](C[C@H]2CCNC2=O)C(N)=O)C1C(N)=O)C(C)(C)C. The number of fused-ring (bicyclic) bond motifs is 1. The van der Waals surface area contributed by atoms with Crippen molar-refractivity contribution < 1.29 is 24.0 Å². The van der Waals surface area contributed by atoms with Crippen molar-refractivity contribution in [3.8, 4) is 0 Å². The van der Waals surface area contributed by atoms with Crippen LogP contribution in [-0.4, -0.2) is 59.6 Å². The highest BCUT2D eigenvalue weighted by Gasteiger charge is 2.83. The van der Waals surface area contributed by atoms with Gasteiger partial charge in [0, 0.05) is 35.8 Å². The number of likely N-dealkylation sites (tertiary alicyclic amines) is 1. The lowest BCUT2D eigenvalue weighted by Gasteiger charge is -2.41. The largest absolute Gasteiger partial charge is 0.369 e. The molecule has 0 aromatic heterocycles. The molecule has 6 atom stereocenters. The molecule has 1 aliphatic carbocycles. The van der Waals surface area contributed by atoms with Gasteiger partial charge in [0.1, 0.15) is 12.1 Å². The minimum atomic E-state index is -1.08. The average Bonchev–Trinajstić information content (AvgIpc) is 3.08. The normalized spacial score (nSPS) is 30.7. The van der Waals surface area contributed by atoms with Gasteiger partial charge in [-0.25, -0.2) is 0 Å². The fraction of sp³-hybridized carbons (Fsp3) is 0.808. The Morgan fingerprint density at radius 2 is 1.69 bits per heavy atom. The molecule has 6 N–H and O–H groups in total.